The Labute approximate surface area is 76.0 Å². The van der Waals surface area contributed by atoms with Gasteiger partial charge in [0.25, 0.3) is 5.78 Å². The van der Waals surface area contributed by atoms with Crippen LogP contribution < -0.4 is 0 Å². The van der Waals surface area contributed by atoms with E-state index in [9.17, 15) is 14.4 Å². The van der Waals surface area contributed by atoms with Crippen LogP contribution in [0.4, 0.5) is 0 Å². The number of Topliss-reactive ketones (excluding diaryl/α,β-unsaturated/α-hetero) is 1. The number of carbonyl (C=O) groups excluding carboxylic acids is 3. The molecule has 5 heteroatoms. The summed E-state index contributed by atoms with van der Waals surface area (Å²) in [5.41, 5.74) is 0. The van der Waals surface area contributed by atoms with E-state index in [4.69, 9.17) is 4.74 Å². The van der Waals surface area contributed by atoms with Crippen LogP contribution in [-0.2, 0) is 23.9 Å². The SMILES string of the molecule is CC(=O)OC(=O)C(=O)COC(C)C. The van der Waals surface area contributed by atoms with E-state index in [1.54, 1.807) is 13.8 Å². The van der Waals surface area contributed by atoms with Gasteiger partial charge in [0.05, 0.1) is 6.10 Å². The van der Waals surface area contributed by atoms with Gasteiger partial charge in [-0.1, -0.05) is 0 Å². The average molecular weight is 188 g/mol. The zero-order chi connectivity index (χ0) is 10.4. The van der Waals surface area contributed by atoms with Crippen molar-refractivity contribution in [3.8, 4) is 0 Å². The Kier molecular flexibility index (Phi) is 4.91. The first-order chi connectivity index (χ1) is 5.93. The number of esters is 2. The maximum atomic E-state index is 10.8. The lowest BCUT2D eigenvalue weighted by Crippen LogP contribution is -2.25. The van der Waals surface area contributed by atoms with Gasteiger partial charge in [-0.15, -0.1) is 0 Å². The van der Waals surface area contributed by atoms with E-state index in [1.807, 2.05) is 0 Å². The summed E-state index contributed by atoms with van der Waals surface area (Å²) in [7, 11) is 0. The number of hydrogen-bond acceptors (Lipinski definition) is 5. The highest BCUT2D eigenvalue weighted by atomic mass is 16.6. The molecular formula is C8H12O5. The van der Waals surface area contributed by atoms with Crippen molar-refractivity contribution < 1.29 is 23.9 Å². The highest BCUT2D eigenvalue weighted by Gasteiger charge is 2.17. The van der Waals surface area contributed by atoms with Gasteiger partial charge < -0.3 is 9.47 Å². The second kappa shape index (κ2) is 5.42. The third-order valence-corrected chi connectivity index (χ3v) is 1.01. The van der Waals surface area contributed by atoms with Crippen LogP contribution in [0.25, 0.3) is 0 Å². The minimum absolute atomic E-state index is 0.144. The van der Waals surface area contributed by atoms with Crippen LogP contribution in [0, 0.1) is 0 Å². The van der Waals surface area contributed by atoms with Crippen molar-refractivity contribution in [2.75, 3.05) is 6.61 Å². The minimum Gasteiger partial charge on any atom is -0.387 e. The largest absolute Gasteiger partial charge is 0.387 e. The van der Waals surface area contributed by atoms with Crippen LogP contribution in [0.2, 0.25) is 0 Å². The third-order valence-electron chi connectivity index (χ3n) is 1.01. The van der Waals surface area contributed by atoms with Crippen molar-refractivity contribution in [2.45, 2.75) is 26.9 Å². The van der Waals surface area contributed by atoms with Gasteiger partial charge in [0.15, 0.2) is 0 Å². The van der Waals surface area contributed by atoms with Crippen molar-refractivity contribution in [1.29, 1.82) is 0 Å². The Hall–Kier alpha value is -1.23. The molecule has 0 atom stereocenters. The molecule has 0 spiro atoms. The highest BCUT2D eigenvalue weighted by molar-refractivity contribution is 6.35. The number of carbonyl (C=O) groups is 3. The fourth-order valence-corrected chi connectivity index (χ4v) is 0.489. The normalized spacial score (nSPS) is 9.85. The number of ether oxygens (including phenoxy) is 2. The standard InChI is InChI=1S/C8H12O5/c1-5(2)12-4-7(10)8(11)13-6(3)9/h5H,4H2,1-3H3. The van der Waals surface area contributed by atoms with Crippen LogP contribution in [-0.4, -0.2) is 30.4 Å². The molecular weight excluding hydrogens is 176 g/mol. The molecule has 0 N–H and O–H groups in total. The first-order valence-electron chi connectivity index (χ1n) is 3.80. The lowest BCUT2D eigenvalue weighted by molar-refractivity contribution is -0.164. The second-order valence-electron chi connectivity index (χ2n) is 2.66. The van der Waals surface area contributed by atoms with Gasteiger partial charge in [0.1, 0.15) is 6.61 Å². The molecule has 0 unspecified atom stereocenters. The van der Waals surface area contributed by atoms with Gasteiger partial charge >= 0.3 is 11.9 Å². The molecule has 0 bridgehead atoms. The Morgan fingerprint density at radius 2 is 1.77 bits per heavy atom. The molecule has 0 saturated heterocycles. The molecule has 13 heavy (non-hydrogen) atoms. The van der Waals surface area contributed by atoms with Gasteiger partial charge in [-0.2, -0.15) is 0 Å². The van der Waals surface area contributed by atoms with Crippen molar-refractivity contribution in [2.24, 2.45) is 0 Å². The zero-order valence-electron chi connectivity index (χ0n) is 7.83. The molecule has 0 aliphatic carbocycles. The fourth-order valence-electron chi connectivity index (χ4n) is 0.489. The first kappa shape index (κ1) is 11.8. The predicted molar refractivity (Wildman–Crippen MR) is 42.9 cm³/mol. The Balaban J connectivity index is 3.83. The summed E-state index contributed by atoms with van der Waals surface area (Å²) in [5.74, 6) is -2.83. The molecule has 74 valence electrons. The zero-order valence-corrected chi connectivity index (χ0v) is 7.83. The molecule has 0 rings (SSSR count). The third kappa shape index (κ3) is 5.98. The summed E-state index contributed by atoms with van der Waals surface area (Å²) in [6.07, 6.45) is -0.144. The number of rotatable bonds is 4. The molecule has 0 aromatic heterocycles. The predicted octanol–water partition coefficient (Wildman–Crippen LogP) is 0.0702. The van der Waals surface area contributed by atoms with Gasteiger partial charge in [0.2, 0.25) is 0 Å². The van der Waals surface area contributed by atoms with Gasteiger partial charge in [-0.3, -0.25) is 9.59 Å². The summed E-state index contributed by atoms with van der Waals surface area (Å²) >= 11 is 0. The summed E-state index contributed by atoms with van der Waals surface area (Å²) < 4.78 is 8.88. The topological polar surface area (TPSA) is 69.7 Å². The highest BCUT2D eigenvalue weighted by Crippen LogP contribution is 1.90. The van der Waals surface area contributed by atoms with E-state index < -0.39 is 17.7 Å². The lowest BCUT2D eigenvalue weighted by atomic mass is 10.4. The molecule has 0 aliphatic heterocycles. The maximum absolute atomic E-state index is 10.8. The first-order valence-corrected chi connectivity index (χ1v) is 3.80. The van der Waals surface area contributed by atoms with E-state index in [-0.39, 0.29) is 12.7 Å². The number of ketones is 1. The van der Waals surface area contributed by atoms with Crippen LogP contribution >= 0.6 is 0 Å². The van der Waals surface area contributed by atoms with Crippen molar-refractivity contribution in [3.05, 3.63) is 0 Å². The van der Waals surface area contributed by atoms with E-state index >= 15 is 0 Å². The van der Waals surface area contributed by atoms with E-state index in [0.717, 1.165) is 6.92 Å². The van der Waals surface area contributed by atoms with E-state index in [0.29, 0.717) is 0 Å². The molecule has 0 aromatic carbocycles. The smallest absolute Gasteiger partial charge is 0.384 e. The van der Waals surface area contributed by atoms with Gasteiger partial charge in [-0.25, -0.2) is 4.79 Å². The molecule has 0 aliphatic rings. The van der Waals surface area contributed by atoms with Crippen molar-refractivity contribution in [3.63, 3.8) is 0 Å². The molecule has 0 radical (unpaired) electrons. The Bertz CT molecular complexity index is 219. The monoisotopic (exact) mass is 188 g/mol. The molecule has 0 aromatic rings. The number of hydrogen-bond donors (Lipinski definition) is 0. The average Bonchev–Trinajstić information content (AvgIpc) is 1.98. The van der Waals surface area contributed by atoms with Crippen molar-refractivity contribution >= 4 is 17.7 Å². The minimum atomic E-state index is -1.17. The quantitative estimate of drug-likeness (QED) is 0.354. The van der Waals surface area contributed by atoms with E-state index in [1.165, 1.54) is 0 Å². The summed E-state index contributed by atoms with van der Waals surface area (Å²) in [4.78, 5) is 31.8. The van der Waals surface area contributed by atoms with Gasteiger partial charge in [-0.05, 0) is 13.8 Å². The van der Waals surface area contributed by atoms with Crippen LogP contribution in [0.3, 0.4) is 0 Å². The second-order valence-corrected chi connectivity index (χ2v) is 2.66. The van der Waals surface area contributed by atoms with Crippen LogP contribution in [0.1, 0.15) is 20.8 Å². The molecule has 5 nitrogen and oxygen atoms in total. The molecule has 0 amide bonds. The fraction of sp³-hybridized carbons (Fsp3) is 0.625. The Morgan fingerprint density at radius 3 is 2.15 bits per heavy atom. The summed E-state index contributed by atoms with van der Waals surface area (Å²) in [6, 6.07) is 0. The van der Waals surface area contributed by atoms with Crippen LogP contribution in [0.5, 0.6) is 0 Å². The van der Waals surface area contributed by atoms with Gasteiger partial charge in [0, 0.05) is 6.92 Å². The summed E-state index contributed by atoms with van der Waals surface area (Å²) in [5, 5.41) is 0. The Morgan fingerprint density at radius 1 is 1.23 bits per heavy atom. The molecule has 0 fully saturated rings. The summed E-state index contributed by atoms with van der Waals surface area (Å²) in [6.45, 7) is 4.14. The molecule has 0 saturated carbocycles. The maximum Gasteiger partial charge on any atom is 0.384 e. The lowest BCUT2D eigenvalue weighted by Gasteiger charge is -2.04. The molecule has 0 heterocycles. The van der Waals surface area contributed by atoms with E-state index in [2.05, 4.69) is 4.74 Å². The van der Waals surface area contributed by atoms with Crippen molar-refractivity contribution in [1.82, 2.24) is 0 Å². The van der Waals surface area contributed by atoms with Crippen LogP contribution in [0.15, 0.2) is 0 Å².